The van der Waals surface area contributed by atoms with Crippen LogP contribution < -0.4 is 4.72 Å². The zero-order chi connectivity index (χ0) is 11.5. The molecule has 0 saturated heterocycles. The van der Waals surface area contributed by atoms with E-state index in [-0.39, 0.29) is 0 Å². The van der Waals surface area contributed by atoms with Gasteiger partial charge in [-0.1, -0.05) is 0 Å². The molecule has 15 heavy (non-hydrogen) atoms. The quantitative estimate of drug-likeness (QED) is 0.562. The lowest BCUT2D eigenvalue weighted by Crippen LogP contribution is -2.25. The Hall–Kier alpha value is -1.92. The number of carboxylic acid groups (broad SMARTS) is 1. The maximum atomic E-state index is 11.4. The average Bonchev–Trinajstić information content (AvgIpc) is 2.63. The van der Waals surface area contributed by atoms with Crippen LogP contribution >= 0.6 is 0 Å². The predicted molar refractivity (Wildman–Crippen MR) is 46.3 cm³/mol. The molecule has 0 unspecified atom stereocenters. The largest absolute Gasteiger partial charge is 0.478 e. The van der Waals surface area contributed by atoms with E-state index in [0.29, 0.717) is 0 Å². The maximum Gasteiger partial charge on any atom is 0.340 e. The van der Waals surface area contributed by atoms with E-state index in [1.165, 1.54) is 0 Å². The SMILES string of the molecule is N#CCNS(=O)(=O)c1[nH]ncc1C(=O)O. The first-order valence-electron chi connectivity index (χ1n) is 3.62. The molecule has 0 aliphatic heterocycles. The van der Waals surface area contributed by atoms with Crippen LogP contribution in [-0.2, 0) is 10.0 Å². The monoisotopic (exact) mass is 230 g/mol. The summed E-state index contributed by atoms with van der Waals surface area (Å²) in [6, 6.07) is 1.56. The van der Waals surface area contributed by atoms with Crippen molar-refractivity contribution in [3.8, 4) is 6.07 Å². The van der Waals surface area contributed by atoms with Gasteiger partial charge in [0.25, 0.3) is 10.0 Å². The molecule has 0 amide bonds. The van der Waals surface area contributed by atoms with E-state index < -0.39 is 33.1 Å². The first-order valence-corrected chi connectivity index (χ1v) is 5.10. The first-order chi connectivity index (χ1) is 6.99. The van der Waals surface area contributed by atoms with Crippen molar-refractivity contribution in [2.75, 3.05) is 6.54 Å². The molecule has 1 heterocycles. The molecule has 3 N–H and O–H groups in total. The molecule has 0 atom stereocenters. The molecule has 0 radical (unpaired) electrons. The summed E-state index contributed by atoms with van der Waals surface area (Å²) in [7, 11) is -4.03. The zero-order valence-corrected chi connectivity index (χ0v) is 8.08. The number of carboxylic acids is 1. The molecular formula is C6H6N4O4S. The van der Waals surface area contributed by atoms with Crippen LogP contribution in [-0.4, -0.2) is 36.2 Å². The van der Waals surface area contributed by atoms with E-state index in [1.807, 2.05) is 9.82 Å². The van der Waals surface area contributed by atoms with E-state index in [2.05, 4.69) is 5.10 Å². The number of hydrogen-bond donors (Lipinski definition) is 3. The molecular weight excluding hydrogens is 224 g/mol. The average molecular weight is 230 g/mol. The van der Waals surface area contributed by atoms with Gasteiger partial charge in [-0.15, -0.1) is 0 Å². The number of sulfonamides is 1. The highest BCUT2D eigenvalue weighted by molar-refractivity contribution is 7.89. The number of nitrogens with zero attached hydrogens (tertiary/aromatic N) is 2. The lowest BCUT2D eigenvalue weighted by Gasteiger charge is -2.00. The van der Waals surface area contributed by atoms with Crippen LogP contribution in [0.15, 0.2) is 11.2 Å². The van der Waals surface area contributed by atoms with Crippen molar-refractivity contribution in [2.24, 2.45) is 0 Å². The second kappa shape index (κ2) is 4.07. The van der Waals surface area contributed by atoms with E-state index in [9.17, 15) is 13.2 Å². The third-order valence-corrected chi connectivity index (χ3v) is 2.82. The number of aromatic amines is 1. The van der Waals surface area contributed by atoms with Gasteiger partial charge < -0.3 is 5.11 Å². The Morgan fingerprint density at radius 3 is 2.93 bits per heavy atom. The Morgan fingerprint density at radius 1 is 1.73 bits per heavy atom. The Bertz CT molecular complexity index is 511. The summed E-state index contributed by atoms with van der Waals surface area (Å²) >= 11 is 0. The van der Waals surface area contributed by atoms with E-state index >= 15 is 0 Å². The van der Waals surface area contributed by atoms with Gasteiger partial charge in [0.15, 0.2) is 5.03 Å². The lowest BCUT2D eigenvalue weighted by atomic mass is 10.4. The summed E-state index contributed by atoms with van der Waals surface area (Å²) in [4.78, 5) is 10.6. The summed E-state index contributed by atoms with van der Waals surface area (Å²) in [5.41, 5.74) is -0.472. The Kier molecular flexibility index (Phi) is 3.03. The summed E-state index contributed by atoms with van der Waals surface area (Å²) in [6.45, 7) is -0.444. The van der Waals surface area contributed by atoms with Crippen LogP contribution in [0.4, 0.5) is 0 Å². The Balaban J connectivity index is 3.11. The van der Waals surface area contributed by atoms with Gasteiger partial charge >= 0.3 is 5.97 Å². The van der Waals surface area contributed by atoms with Gasteiger partial charge in [-0.05, 0) is 0 Å². The molecule has 1 aromatic rings. The molecule has 0 aliphatic rings. The lowest BCUT2D eigenvalue weighted by molar-refractivity contribution is 0.0692. The number of rotatable bonds is 4. The van der Waals surface area contributed by atoms with Crippen molar-refractivity contribution in [3.63, 3.8) is 0 Å². The highest BCUT2D eigenvalue weighted by atomic mass is 32.2. The minimum absolute atomic E-state index is 0.444. The number of nitrogens with one attached hydrogen (secondary N) is 2. The third kappa shape index (κ3) is 2.30. The van der Waals surface area contributed by atoms with Crippen molar-refractivity contribution in [3.05, 3.63) is 11.8 Å². The molecule has 0 bridgehead atoms. The zero-order valence-electron chi connectivity index (χ0n) is 7.26. The maximum absolute atomic E-state index is 11.4. The molecule has 0 saturated carbocycles. The number of hydrogen-bond acceptors (Lipinski definition) is 5. The minimum atomic E-state index is -4.03. The smallest absolute Gasteiger partial charge is 0.340 e. The van der Waals surface area contributed by atoms with Crippen LogP contribution in [0.3, 0.4) is 0 Å². The Morgan fingerprint density at radius 2 is 2.40 bits per heavy atom. The molecule has 1 rings (SSSR count). The van der Waals surface area contributed by atoms with Crippen LogP contribution in [0.2, 0.25) is 0 Å². The van der Waals surface area contributed by atoms with Crippen molar-refractivity contribution >= 4 is 16.0 Å². The van der Waals surface area contributed by atoms with Gasteiger partial charge in [0, 0.05) is 0 Å². The molecule has 0 spiro atoms. The standard InChI is InChI=1S/C6H6N4O4S/c7-1-2-9-15(13,14)5-4(6(11)12)3-8-10-5/h3,9H,2H2,(H,8,10)(H,11,12). The fourth-order valence-electron chi connectivity index (χ4n) is 0.831. The van der Waals surface area contributed by atoms with Crippen molar-refractivity contribution in [1.29, 1.82) is 5.26 Å². The van der Waals surface area contributed by atoms with Crippen LogP contribution in [0.5, 0.6) is 0 Å². The van der Waals surface area contributed by atoms with E-state index in [1.54, 1.807) is 6.07 Å². The molecule has 8 nitrogen and oxygen atoms in total. The summed E-state index contributed by atoms with van der Waals surface area (Å²) in [5, 5.41) is 21.6. The summed E-state index contributed by atoms with van der Waals surface area (Å²) in [6.07, 6.45) is 0.878. The van der Waals surface area contributed by atoms with Gasteiger partial charge in [0.1, 0.15) is 5.56 Å². The van der Waals surface area contributed by atoms with Crippen LogP contribution in [0.25, 0.3) is 0 Å². The first kappa shape index (κ1) is 11.2. The van der Waals surface area contributed by atoms with Gasteiger partial charge in [0.05, 0.1) is 18.8 Å². The molecule has 1 aromatic heterocycles. The molecule has 0 fully saturated rings. The van der Waals surface area contributed by atoms with Gasteiger partial charge in [-0.3, -0.25) is 5.10 Å². The van der Waals surface area contributed by atoms with Crippen molar-refractivity contribution in [1.82, 2.24) is 14.9 Å². The van der Waals surface area contributed by atoms with Gasteiger partial charge in [-0.2, -0.15) is 15.1 Å². The normalized spacial score (nSPS) is 10.9. The molecule has 9 heteroatoms. The number of H-pyrrole nitrogens is 1. The van der Waals surface area contributed by atoms with Gasteiger partial charge in [0.2, 0.25) is 0 Å². The second-order valence-corrected chi connectivity index (χ2v) is 4.10. The Labute approximate surface area is 84.6 Å². The highest BCUT2D eigenvalue weighted by Crippen LogP contribution is 2.10. The van der Waals surface area contributed by atoms with Gasteiger partial charge in [-0.25, -0.2) is 13.2 Å². The van der Waals surface area contributed by atoms with E-state index in [4.69, 9.17) is 10.4 Å². The third-order valence-electron chi connectivity index (χ3n) is 1.44. The second-order valence-electron chi connectivity index (χ2n) is 2.40. The summed E-state index contributed by atoms with van der Waals surface area (Å²) < 4.78 is 24.6. The molecule has 0 aliphatic carbocycles. The number of carbonyl (C=O) groups is 1. The molecule has 0 aromatic carbocycles. The fourth-order valence-corrected chi connectivity index (χ4v) is 1.83. The topological polar surface area (TPSA) is 136 Å². The minimum Gasteiger partial charge on any atom is -0.478 e. The number of aromatic carboxylic acids is 1. The van der Waals surface area contributed by atoms with Crippen molar-refractivity contribution in [2.45, 2.75) is 5.03 Å². The number of aromatic nitrogens is 2. The summed E-state index contributed by atoms with van der Waals surface area (Å²) in [5.74, 6) is -1.42. The van der Waals surface area contributed by atoms with Crippen LogP contribution in [0.1, 0.15) is 10.4 Å². The highest BCUT2D eigenvalue weighted by Gasteiger charge is 2.24. The van der Waals surface area contributed by atoms with Crippen LogP contribution in [0, 0.1) is 11.3 Å². The predicted octanol–water partition coefficient (Wildman–Crippen LogP) is -1.09. The number of nitriles is 1. The fraction of sp³-hybridized carbons (Fsp3) is 0.167. The van der Waals surface area contributed by atoms with E-state index in [0.717, 1.165) is 6.20 Å². The van der Waals surface area contributed by atoms with Crippen molar-refractivity contribution < 1.29 is 18.3 Å². The molecule has 80 valence electrons.